The van der Waals surface area contributed by atoms with Gasteiger partial charge in [0.25, 0.3) is 0 Å². The van der Waals surface area contributed by atoms with Crippen molar-refractivity contribution in [2.45, 2.75) is 12.8 Å². The van der Waals surface area contributed by atoms with Gasteiger partial charge in [-0.2, -0.15) is 9.66 Å². The molecule has 7 nitrogen and oxygen atoms in total. The summed E-state index contributed by atoms with van der Waals surface area (Å²) in [4.78, 5) is 20.7. The standard InChI is InChI=1S/C13H16ClN5O2/c1-17-9-6-15-11(14)16-10(9)19(12(17)20)18-4-2-13(3-5-18)7-21-8-13/h6H,2-5,7-8H2,1H3. The van der Waals surface area contributed by atoms with Crippen LogP contribution in [0, 0.1) is 5.41 Å². The van der Waals surface area contributed by atoms with Crippen LogP contribution in [0.4, 0.5) is 0 Å². The van der Waals surface area contributed by atoms with Gasteiger partial charge in [0.15, 0.2) is 5.65 Å². The molecule has 0 aliphatic carbocycles. The first-order valence-electron chi connectivity index (χ1n) is 7.03. The first-order valence-corrected chi connectivity index (χ1v) is 7.40. The number of fused-ring (bicyclic) bond motifs is 1. The molecule has 2 aromatic rings. The van der Waals surface area contributed by atoms with E-state index in [4.69, 9.17) is 16.3 Å². The minimum atomic E-state index is -0.109. The van der Waals surface area contributed by atoms with Gasteiger partial charge in [0.2, 0.25) is 5.28 Å². The lowest BCUT2D eigenvalue weighted by Crippen LogP contribution is -2.55. The van der Waals surface area contributed by atoms with E-state index in [0.29, 0.717) is 16.6 Å². The second-order valence-electron chi connectivity index (χ2n) is 5.95. The molecule has 8 heteroatoms. The molecule has 0 N–H and O–H groups in total. The molecule has 0 atom stereocenters. The zero-order valence-electron chi connectivity index (χ0n) is 11.8. The highest BCUT2D eigenvalue weighted by Crippen LogP contribution is 2.38. The van der Waals surface area contributed by atoms with Crippen molar-refractivity contribution in [3.05, 3.63) is 22.0 Å². The molecule has 0 radical (unpaired) electrons. The molecule has 0 bridgehead atoms. The molecule has 112 valence electrons. The Bertz CT molecular complexity index is 754. The van der Waals surface area contributed by atoms with Crippen molar-refractivity contribution in [3.63, 3.8) is 0 Å². The van der Waals surface area contributed by atoms with Crippen molar-refractivity contribution in [1.29, 1.82) is 0 Å². The maximum absolute atomic E-state index is 12.5. The SMILES string of the molecule is Cn1c(=O)n(N2CCC3(CC2)COC3)c2nc(Cl)ncc21. The van der Waals surface area contributed by atoms with Crippen LogP contribution in [0.25, 0.3) is 11.2 Å². The van der Waals surface area contributed by atoms with Gasteiger partial charge >= 0.3 is 5.69 Å². The molecule has 2 aliphatic heterocycles. The summed E-state index contributed by atoms with van der Waals surface area (Å²) >= 11 is 5.89. The molecule has 2 fully saturated rings. The molecule has 2 saturated heterocycles. The lowest BCUT2D eigenvalue weighted by atomic mass is 9.77. The van der Waals surface area contributed by atoms with Crippen LogP contribution in [0.3, 0.4) is 0 Å². The topological polar surface area (TPSA) is 65.2 Å². The zero-order valence-corrected chi connectivity index (χ0v) is 12.5. The summed E-state index contributed by atoms with van der Waals surface area (Å²) in [6.45, 7) is 3.34. The first-order chi connectivity index (χ1) is 10.1. The minimum absolute atomic E-state index is 0.109. The van der Waals surface area contributed by atoms with Gasteiger partial charge in [-0.3, -0.25) is 4.57 Å². The van der Waals surface area contributed by atoms with Gasteiger partial charge in [0.05, 0.1) is 19.4 Å². The quantitative estimate of drug-likeness (QED) is 0.719. The van der Waals surface area contributed by atoms with Crippen LogP contribution in [0.2, 0.25) is 5.28 Å². The Morgan fingerprint density at radius 2 is 2.05 bits per heavy atom. The minimum Gasteiger partial charge on any atom is -0.380 e. The third kappa shape index (κ3) is 1.87. The number of ether oxygens (including phenoxy) is 1. The monoisotopic (exact) mass is 309 g/mol. The summed E-state index contributed by atoms with van der Waals surface area (Å²) in [6.07, 6.45) is 3.66. The van der Waals surface area contributed by atoms with Gasteiger partial charge in [0.1, 0.15) is 5.52 Å². The summed E-state index contributed by atoms with van der Waals surface area (Å²) in [7, 11) is 1.73. The Balaban J connectivity index is 1.75. The fourth-order valence-corrected chi connectivity index (χ4v) is 3.31. The second-order valence-corrected chi connectivity index (χ2v) is 6.29. The van der Waals surface area contributed by atoms with E-state index < -0.39 is 0 Å². The first kappa shape index (κ1) is 13.1. The highest BCUT2D eigenvalue weighted by molar-refractivity contribution is 6.28. The molecule has 0 unspecified atom stereocenters. The number of piperidine rings is 1. The zero-order chi connectivity index (χ0) is 14.6. The fraction of sp³-hybridized carbons (Fsp3) is 0.615. The van der Waals surface area contributed by atoms with Gasteiger partial charge in [-0.1, -0.05) is 0 Å². The van der Waals surface area contributed by atoms with Crippen LogP contribution >= 0.6 is 11.6 Å². The van der Waals surface area contributed by atoms with Crippen molar-refractivity contribution in [2.75, 3.05) is 31.3 Å². The summed E-state index contributed by atoms with van der Waals surface area (Å²) in [5.41, 5.74) is 1.49. The Labute approximate surface area is 126 Å². The summed E-state index contributed by atoms with van der Waals surface area (Å²) in [6, 6.07) is 0. The number of nitrogens with zero attached hydrogens (tertiary/aromatic N) is 5. The lowest BCUT2D eigenvalue weighted by molar-refractivity contribution is -0.126. The molecule has 2 aromatic heterocycles. The van der Waals surface area contributed by atoms with Crippen molar-refractivity contribution in [2.24, 2.45) is 12.5 Å². The average molecular weight is 310 g/mol. The number of hydrogen-bond donors (Lipinski definition) is 0. The van der Waals surface area contributed by atoms with E-state index in [9.17, 15) is 4.79 Å². The number of hydrogen-bond acceptors (Lipinski definition) is 5. The van der Waals surface area contributed by atoms with Crippen molar-refractivity contribution in [3.8, 4) is 0 Å². The molecule has 4 rings (SSSR count). The molecular formula is C13H16ClN5O2. The van der Waals surface area contributed by atoms with Crippen molar-refractivity contribution in [1.82, 2.24) is 19.2 Å². The van der Waals surface area contributed by atoms with E-state index in [2.05, 4.69) is 15.0 Å². The van der Waals surface area contributed by atoms with Gasteiger partial charge in [0, 0.05) is 25.6 Å². The Hall–Kier alpha value is -1.60. The number of aryl methyl sites for hydroxylation is 1. The van der Waals surface area contributed by atoms with Crippen LogP contribution in [-0.2, 0) is 11.8 Å². The van der Waals surface area contributed by atoms with Gasteiger partial charge in [-0.25, -0.2) is 9.78 Å². The molecule has 2 aliphatic rings. The van der Waals surface area contributed by atoms with E-state index in [1.54, 1.807) is 22.5 Å². The summed E-state index contributed by atoms with van der Waals surface area (Å²) < 4.78 is 8.53. The largest absolute Gasteiger partial charge is 0.380 e. The van der Waals surface area contributed by atoms with Gasteiger partial charge in [-0.05, 0) is 24.4 Å². The van der Waals surface area contributed by atoms with Crippen LogP contribution < -0.4 is 10.7 Å². The van der Waals surface area contributed by atoms with Crippen LogP contribution in [0.15, 0.2) is 11.0 Å². The summed E-state index contributed by atoms with van der Waals surface area (Å²) in [5.74, 6) is 0. The van der Waals surface area contributed by atoms with Gasteiger partial charge < -0.3 is 9.75 Å². The van der Waals surface area contributed by atoms with E-state index >= 15 is 0 Å². The predicted octanol–water partition coefficient (Wildman–Crippen LogP) is 0.532. The van der Waals surface area contributed by atoms with Crippen molar-refractivity contribution >= 4 is 22.8 Å². The molecular weight excluding hydrogens is 294 g/mol. The molecule has 0 saturated carbocycles. The molecule has 4 heterocycles. The van der Waals surface area contributed by atoms with Crippen molar-refractivity contribution < 1.29 is 4.74 Å². The average Bonchev–Trinajstić information content (AvgIpc) is 2.69. The van der Waals surface area contributed by atoms with E-state index in [1.165, 1.54) is 0 Å². The smallest absolute Gasteiger partial charge is 0.349 e. The molecule has 21 heavy (non-hydrogen) atoms. The van der Waals surface area contributed by atoms with E-state index in [0.717, 1.165) is 39.1 Å². The lowest BCUT2D eigenvalue weighted by Gasteiger charge is -2.47. The normalized spacial score (nSPS) is 21.0. The Morgan fingerprint density at radius 3 is 2.67 bits per heavy atom. The molecule has 1 spiro atoms. The predicted molar refractivity (Wildman–Crippen MR) is 78.2 cm³/mol. The number of imidazole rings is 1. The molecule has 0 aromatic carbocycles. The third-order valence-electron chi connectivity index (χ3n) is 4.65. The number of aromatic nitrogens is 4. The Morgan fingerprint density at radius 1 is 1.33 bits per heavy atom. The van der Waals surface area contributed by atoms with E-state index in [1.807, 2.05) is 0 Å². The number of rotatable bonds is 1. The Kier molecular flexibility index (Phi) is 2.77. The maximum atomic E-state index is 12.5. The maximum Gasteiger partial charge on any atom is 0.349 e. The van der Waals surface area contributed by atoms with Gasteiger partial charge in [-0.15, -0.1) is 0 Å². The highest BCUT2D eigenvalue weighted by atomic mass is 35.5. The van der Waals surface area contributed by atoms with Crippen LogP contribution in [0.5, 0.6) is 0 Å². The molecule has 0 amide bonds. The highest BCUT2D eigenvalue weighted by Gasteiger charge is 2.41. The van der Waals surface area contributed by atoms with Crippen LogP contribution in [0.1, 0.15) is 12.8 Å². The second kappa shape index (κ2) is 4.45. The summed E-state index contributed by atoms with van der Waals surface area (Å²) in [5, 5.41) is 2.21. The fourth-order valence-electron chi connectivity index (χ4n) is 3.18. The van der Waals surface area contributed by atoms with E-state index in [-0.39, 0.29) is 11.0 Å². The van der Waals surface area contributed by atoms with Crippen LogP contribution in [-0.4, -0.2) is 45.5 Å². The number of halogens is 1. The third-order valence-corrected chi connectivity index (χ3v) is 4.83.